The lowest BCUT2D eigenvalue weighted by molar-refractivity contribution is 0.473. The first-order valence-corrected chi connectivity index (χ1v) is 8.49. The third kappa shape index (κ3) is 4.77. The number of hydrogen-bond donors (Lipinski definition) is 0. The van der Waals surface area contributed by atoms with Crippen LogP contribution in [-0.4, -0.2) is 8.42 Å². The normalized spacial score (nSPS) is 13.9. The zero-order valence-corrected chi connectivity index (χ0v) is 13.4. The summed E-state index contributed by atoms with van der Waals surface area (Å²) in [7, 11) is 0. The van der Waals surface area contributed by atoms with Crippen LogP contribution in [0.4, 0.5) is 0 Å². The van der Waals surface area contributed by atoms with E-state index in [-0.39, 0.29) is 0 Å². The van der Waals surface area contributed by atoms with E-state index in [1.807, 2.05) is 18.2 Å². The summed E-state index contributed by atoms with van der Waals surface area (Å²) in [6.07, 6.45) is 0. The first-order valence-electron chi connectivity index (χ1n) is 6.42. The Kier molecular flexibility index (Phi) is 5.67. The molecule has 112 valence electrons. The van der Waals surface area contributed by atoms with Crippen LogP contribution in [0.3, 0.4) is 0 Å². The van der Waals surface area contributed by atoms with Gasteiger partial charge in [0.15, 0.2) is 0 Å². The molecule has 0 heterocycles. The lowest BCUT2D eigenvalue weighted by atomic mass is 10.0. The SMILES string of the molecule is CC(C)c1ccc(S(=O)OS(=O)Oc2ccccc2)cc1. The summed E-state index contributed by atoms with van der Waals surface area (Å²) in [5.74, 6) is 0.784. The molecule has 2 aromatic carbocycles. The van der Waals surface area contributed by atoms with Crippen molar-refractivity contribution in [2.75, 3.05) is 0 Å². The number of rotatable bonds is 6. The van der Waals surface area contributed by atoms with Crippen LogP contribution in [0, 0.1) is 0 Å². The van der Waals surface area contributed by atoms with E-state index >= 15 is 0 Å². The third-order valence-electron chi connectivity index (χ3n) is 2.76. The molecule has 2 atom stereocenters. The first kappa shape index (κ1) is 15.9. The van der Waals surface area contributed by atoms with E-state index in [9.17, 15) is 8.42 Å². The zero-order valence-electron chi connectivity index (χ0n) is 11.7. The maximum absolute atomic E-state index is 11.9. The third-order valence-corrected chi connectivity index (χ3v) is 4.69. The second-order valence-corrected chi connectivity index (χ2v) is 6.69. The molecule has 2 unspecified atom stereocenters. The molecule has 21 heavy (non-hydrogen) atoms. The fourth-order valence-corrected chi connectivity index (χ4v) is 3.08. The van der Waals surface area contributed by atoms with Crippen LogP contribution in [0.5, 0.6) is 5.75 Å². The monoisotopic (exact) mass is 324 g/mol. The van der Waals surface area contributed by atoms with Gasteiger partial charge in [-0.3, -0.25) is 0 Å². The van der Waals surface area contributed by atoms with Gasteiger partial charge in [0, 0.05) is 0 Å². The molecule has 0 aliphatic heterocycles. The molecule has 0 saturated heterocycles. The average Bonchev–Trinajstić information content (AvgIpc) is 2.48. The Labute approximate surface area is 129 Å². The summed E-state index contributed by atoms with van der Waals surface area (Å²) < 4.78 is 33.5. The molecule has 0 amide bonds. The van der Waals surface area contributed by atoms with E-state index < -0.39 is 22.4 Å². The van der Waals surface area contributed by atoms with Gasteiger partial charge in [-0.1, -0.05) is 44.2 Å². The highest BCUT2D eigenvalue weighted by Crippen LogP contribution is 2.18. The van der Waals surface area contributed by atoms with Crippen molar-refractivity contribution in [3.05, 3.63) is 60.2 Å². The molecule has 0 aliphatic rings. The van der Waals surface area contributed by atoms with Crippen LogP contribution in [0.25, 0.3) is 0 Å². The molecular weight excluding hydrogens is 308 g/mol. The molecule has 0 saturated carbocycles. The van der Waals surface area contributed by atoms with Gasteiger partial charge < -0.3 is 4.18 Å². The Bertz CT molecular complexity index is 624. The van der Waals surface area contributed by atoms with Crippen LogP contribution in [0.1, 0.15) is 25.3 Å². The molecule has 0 bridgehead atoms. The van der Waals surface area contributed by atoms with E-state index in [0.717, 1.165) is 5.56 Å². The molecule has 0 fully saturated rings. The largest absolute Gasteiger partial charge is 0.379 e. The van der Waals surface area contributed by atoms with Gasteiger partial charge in [-0.2, -0.15) is 7.84 Å². The lowest BCUT2D eigenvalue weighted by Gasteiger charge is -2.07. The van der Waals surface area contributed by atoms with Crippen molar-refractivity contribution in [3.63, 3.8) is 0 Å². The fraction of sp³-hybridized carbons (Fsp3) is 0.200. The van der Waals surface area contributed by atoms with E-state index in [4.69, 9.17) is 7.81 Å². The van der Waals surface area contributed by atoms with Crippen LogP contribution in [0.15, 0.2) is 59.5 Å². The van der Waals surface area contributed by atoms with Gasteiger partial charge in [-0.05, 0) is 35.7 Å². The summed E-state index contributed by atoms with van der Waals surface area (Å²) in [5, 5.41) is 0. The maximum Gasteiger partial charge on any atom is 0.374 e. The van der Waals surface area contributed by atoms with Crippen molar-refractivity contribution < 1.29 is 16.2 Å². The highest BCUT2D eigenvalue weighted by molar-refractivity contribution is 7.91. The van der Waals surface area contributed by atoms with Crippen LogP contribution in [0.2, 0.25) is 0 Å². The topological polar surface area (TPSA) is 52.6 Å². The minimum absolute atomic E-state index is 0.392. The van der Waals surface area contributed by atoms with E-state index in [1.165, 1.54) is 0 Å². The molecule has 0 radical (unpaired) electrons. The molecule has 2 rings (SSSR count). The van der Waals surface area contributed by atoms with Crippen LogP contribution >= 0.6 is 0 Å². The van der Waals surface area contributed by atoms with E-state index in [2.05, 4.69) is 13.8 Å². The van der Waals surface area contributed by atoms with Gasteiger partial charge in [-0.15, -0.1) is 0 Å². The highest BCUT2D eigenvalue weighted by Gasteiger charge is 2.12. The number of hydrogen-bond acceptors (Lipinski definition) is 4. The molecule has 6 heteroatoms. The Morgan fingerprint density at radius 2 is 1.52 bits per heavy atom. The Morgan fingerprint density at radius 1 is 0.905 bits per heavy atom. The van der Waals surface area contributed by atoms with Gasteiger partial charge in [0.25, 0.3) is 0 Å². The minimum Gasteiger partial charge on any atom is -0.379 e. The molecule has 0 aliphatic carbocycles. The number of benzene rings is 2. The summed E-state index contributed by atoms with van der Waals surface area (Å²) in [6, 6.07) is 15.7. The van der Waals surface area contributed by atoms with Crippen molar-refractivity contribution >= 4 is 22.4 Å². The summed E-state index contributed by atoms with van der Waals surface area (Å²) in [5.41, 5.74) is 1.14. The van der Waals surface area contributed by atoms with Crippen molar-refractivity contribution in [1.29, 1.82) is 0 Å². The smallest absolute Gasteiger partial charge is 0.374 e. The van der Waals surface area contributed by atoms with Crippen molar-refractivity contribution in [2.24, 2.45) is 0 Å². The van der Waals surface area contributed by atoms with Gasteiger partial charge in [0.1, 0.15) is 5.75 Å². The second kappa shape index (κ2) is 7.49. The first-order chi connectivity index (χ1) is 10.1. The summed E-state index contributed by atoms with van der Waals surface area (Å²) in [6.45, 7) is 4.15. The van der Waals surface area contributed by atoms with Crippen molar-refractivity contribution in [3.8, 4) is 5.75 Å². The number of para-hydroxylation sites is 1. The van der Waals surface area contributed by atoms with Crippen molar-refractivity contribution in [1.82, 2.24) is 0 Å². The summed E-state index contributed by atoms with van der Waals surface area (Å²) >= 11 is -3.95. The molecule has 0 aromatic heterocycles. The quantitative estimate of drug-likeness (QED) is 0.816. The standard InChI is InChI=1S/C15H16O4S2/c1-12(2)13-8-10-15(11-9-13)20(16)19-21(17)18-14-6-4-3-5-7-14/h3-12H,1-2H3. The van der Waals surface area contributed by atoms with E-state index in [1.54, 1.807) is 36.4 Å². The van der Waals surface area contributed by atoms with Gasteiger partial charge in [0.05, 0.1) is 4.90 Å². The predicted molar refractivity (Wildman–Crippen MR) is 83.2 cm³/mol. The Hall–Kier alpha value is -1.50. The zero-order chi connectivity index (χ0) is 15.2. The van der Waals surface area contributed by atoms with E-state index in [0.29, 0.717) is 16.6 Å². The van der Waals surface area contributed by atoms with Crippen molar-refractivity contribution in [2.45, 2.75) is 24.7 Å². The average molecular weight is 324 g/mol. The maximum atomic E-state index is 11.9. The van der Waals surface area contributed by atoms with Crippen LogP contribution < -0.4 is 4.18 Å². The van der Waals surface area contributed by atoms with Gasteiger partial charge >= 0.3 is 11.4 Å². The van der Waals surface area contributed by atoms with Gasteiger partial charge in [-0.25, -0.2) is 4.21 Å². The Balaban J connectivity index is 1.96. The molecular formula is C15H16O4S2. The lowest BCUT2D eigenvalue weighted by Crippen LogP contribution is -2.07. The highest BCUT2D eigenvalue weighted by atomic mass is 32.3. The molecule has 0 spiro atoms. The Morgan fingerprint density at radius 3 is 2.10 bits per heavy atom. The fourth-order valence-electron chi connectivity index (χ4n) is 1.62. The molecule has 4 nitrogen and oxygen atoms in total. The minimum atomic E-state index is -2.12. The second-order valence-electron chi connectivity index (χ2n) is 4.63. The van der Waals surface area contributed by atoms with Crippen LogP contribution in [-0.2, 0) is 26.1 Å². The van der Waals surface area contributed by atoms with Gasteiger partial charge in [0.2, 0.25) is 11.1 Å². The molecule has 0 N–H and O–H groups in total. The predicted octanol–water partition coefficient (Wildman–Crippen LogP) is 3.51. The summed E-state index contributed by atoms with van der Waals surface area (Å²) in [4.78, 5) is 0.449. The molecule has 2 aromatic rings.